The Labute approximate surface area is 145 Å². The van der Waals surface area contributed by atoms with Crippen LogP contribution in [0.1, 0.15) is 27.1 Å². The number of esters is 2. The van der Waals surface area contributed by atoms with Gasteiger partial charge in [-0.15, -0.1) is 0 Å². The number of carbonyl (C=O) groups excluding carboxylic acids is 3. The van der Waals surface area contributed by atoms with Gasteiger partial charge in [0.05, 0.1) is 23.7 Å². The van der Waals surface area contributed by atoms with Crippen LogP contribution in [-0.2, 0) is 14.3 Å². The molecule has 25 heavy (non-hydrogen) atoms. The summed E-state index contributed by atoms with van der Waals surface area (Å²) in [6.07, 6.45) is 0.343. The maximum atomic E-state index is 11.9. The molecule has 5 nitrogen and oxygen atoms in total. The molecule has 0 amide bonds. The third-order valence-electron chi connectivity index (χ3n) is 4.29. The summed E-state index contributed by atoms with van der Waals surface area (Å²) in [4.78, 5) is 35.6. The van der Waals surface area contributed by atoms with E-state index in [0.29, 0.717) is 17.5 Å². The Morgan fingerprint density at radius 3 is 1.76 bits per heavy atom. The topological polar surface area (TPSA) is 69.7 Å². The first-order chi connectivity index (χ1) is 12.1. The molecule has 0 bridgehead atoms. The van der Waals surface area contributed by atoms with E-state index in [1.54, 1.807) is 48.5 Å². The highest BCUT2D eigenvalue weighted by molar-refractivity contribution is 5.91. The van der Waals surface area contributed by atoms with Gasteiger partial charge in [-0.2, -0.15) is 0 Å². The van der Waals surface area contributed by atoms with Crippen molar-refractivity contribution in [1.29, 1.82) is 0 Å². The molecule has 0 aliphatic heterocycles. The van der Waals surface area contributed by atoms with Gasteiger partial charge in [0.25, 0.3) is 0 Å². The van der Waals surface area contributed by atoms with E-state index < -0.39 is 17.9 Å². The van der Waals surface area contributed by atoms with Crippen molar-refractivity contribution < 1.29 is 23.9 Å². The van der Waals surface area contributed by atoms with Crippen molar-refractivity contribution in [3.63, 3.8) is 0 Å². The molecular weight excluding hydrogens is 320 g/mol. The average Bonchev–Trinajstić information content (AvgIpc) is 2.66. The highest BCUT2D eigenvalue weighted by atomic mass is 16.5. The predicted octanol–water partition coefficient (Wildman–Crippen LogP) is 2.91. The summed E-state index contributed by atoms with van der Waals surface area (Å²) in [6, 6.07) is 17.3. The van der Waals surface area contributed by atoms with E-state index in [0.717, 1.165) is 0 Å². The number of carbonyl (C=O) groups is 3. The third-order valence-corrected chi connectivity index (χ3v) is 4.29. The Morgan fingerprint density at radius 1 is 0.800 bits per heavy atom. The summed E-state index contributed by atoms with van der Waals surface area (Å²) in [5.74, 6) is -1.36. The van der Waals surface area contributed by atoms with E-state index in [1.165, 1.54) is 0 Å². The Hall–Kier alpha value is -2.95. The minimum Gasteiger partial charge on any atom is -0.462 e. The minimum absolute atomic E-state index is 0.0140. The molecule has 1 fully saturated rings. The van der Waals surface area contributed by atoms with Crippen LogP contribution in [0.15, 0.2) is 60.7 Å². The Kier molecular flexibility index (Phi) is 5.23. The molecule has 1 aliphatic carbocycles. The zero-order chi connectivity index (χ0) is 17.6. The molecule has 0 heterocycles. The first-order valence-electron chi connectivity index (χ1n) is 8.12. The van der Waals surface area contributed by atoms with Crippen molar-refractivity contribution in [2.45, 2.75) is 6.42 Å². The number of rotatable bonds is 6. The second-order valence-electron chi connectivity index (χ2n) is 5.97. The molecule has 0 saturated heterocycles. The number of ether oxygens (including phenoxy) is 2. The Balaban J connectivity index is 1.48. The lowest BCUT2D eigenvalue weighted by Gasteiger charge is -2.33. The third kappa shape index (κ3) is 4.12. The molecule has 2 unspecified atom stereocenters. The summed E-state index contributed by atoms with van der Waals surface area (Å²) >= 11 is 0. The maximum absolute atomic E-state index is 11.9. The number of hydrogen-bond acceptors (Lipinski definition) is 5. The molecule has 2 aromatic rings. The normalized spacial score (nSPS) is 19.0. The summed E-state index contributed by atoms with van der Waals surface area (Å²) in [5.41, 5.74) is 0.918. The van der Waals surface area contributed by atoms with Crippen molar-refractivity contribution in [3.8, 4) is 0 Å². The molecule has 128 valence electrons. The van der Waals surface area contributed by atoms with Crippen LogP contribution in [0.5, 0.6) is 0 Å². The molecule has 0 spiro atoms. The van der Waals surface area contributed by atoms with Crippen molar-refractivity contribution in [2.24, 2.45) is 11.8 Å². The number of benzene rings is 2. The molecule has 1 aliphatic rings. The van der Waals surface area contributed by atoms with Crippen LogP contribution >= 0.6 is 0 Å². The molecule has 5 heteroatoms. The van der Waals surface area contributed by atoms with E-state index in [1.807, 2.05) is 12.1 Å². The predicted molar refractivity (Wildman–Crippen MR) is 90.1 cm³/mol. The summed E-state index contributed by atoms with van der Waals surface area (Å²) in [7, 11) is 0. The minimum atomic E-state index is -0.458. The van der Waals surface area contributed by atoms with Gasteiger partial charge >= 0.3 is 11.9 Å². The number of Topliss-reactive ketones (excluding diaryl/α,β-unsaturated/α-hetero) is 1. The van der Waals surface area contributed by atoms with Gasteiger partial charge in [-0.25, -0.2) is 9.59 Å². The Morgan fingerprint density at radius 2 is 1.28 bits per heavy atom. The van der Waals surface area contributed by atoms with Gasteiger partial charge in [0.2, 0.25) is 0 Å². The van der Waals surface area contributed by atoms with Crippen LogP contribution in [0.3, 0.4) is 0 Å². The quantitative estimate of drug-likeness (QED) is 0.758. The maximum Gasteiger partial charge on any atom is 0.338 e. The van der Waals surface area contributed by atoms with E-state index in [2.05, 4.69) is 0 Å². The Bertz CT molecular complexity index is 754. The average molecular weight is 338 g/mol. The van der Waals surface area contributed by atoms with Gasteiger partial charge in [0.15, 0.2) is 0 Å². The molecule has 0 N–H and O–H groups in total. The van der Waals surface area contributed by atoms with Crippen LogP contribution in [-0.4, -0.2) is 30.9 Å². The zero-order valence-corrected chi connectivity index (χ0v) is 13.6. The monoisotopic (exact) mass is 338 g/mol. The summed E-state index contributed by atoms with van der Waals surface area (Å²) in [5, 5.41) is 0. The summed E-state index contributed by atoms with van der Waals surface area (Å²) in [6.45, 7) is 0.160. The molecule has 2 aromatic carbocycles. The highest BCUT2D eigenvalue weighted by Gasteiger charge is 2.41. The van der Waals surface area contributed by atoms with E-state index in [9.17, 15) is 14.4 Å². The van der Waals surface area contributed by atoms with Crippen molar-refractivity contribution in [1.82, 2.24) is 0 Å². The molecular formula is C20H18O5. The number of hydrogen-bond donors (Lipinski definition) is 0. The second-order valence-corrected chi connectivity index (χ2v) is 5.97. The van der Waals surface area contributed by atoms with Crippen LogP contribution in [0, 0.1) is 11.8 Å². The largest absolute Gasteiger partial charge is 0.462 e. The lowest BCUT2D eigenvalue weighted by Crippen LogP contribution is -2.43. The van der Waals surface area contributed by atoms with Crippen LogP contribution < -0.4 is 0 Å². The van der Waals surface area contributed by atoms with Gasteiger partial charge in [-0.05, 0) is 24.3 Å². The van der Waals surface area contributed by atoms with Gasteiger partial charge < -0.3 is 9.47 Å². The lowest BCUT2D eigenvalue weighted by atomic mass is 9.73. The molecule has 0 radical (unpaired) electrons. The van der Waals surface area contributed by atoms with E-state index in [4.69, 9.17) is 9.47 Å². The van der Waals surface area contributed by atoms with E-state index in [-0.39, 0.29) is 24.9 Å². The van der Waals surface area contributed by atoms with Gasteiger partial charge in [-0.1, -0.05) is 36.4 Å². The van der Waals surface area contributed by atoms with Gasteiger partial charge in [0, 0.05) is 12.3 Å². The van der Waals surface area contributed by atoms with Gasteiger partial charge in [-0.3, -0.25) is 4.79 Å². The molecule has 2 atom stereocenters. The number of ketones is 1. The van der Waals surface area contributed by atoms with Crippen molar-refractivity contribution >= 4 is 17.7 Å². The fourth-order valence-electron chi connectivity index (χ4n) is 2.72. The summed E-state index contributed by atoms with van der Waals surface area (Å²) < 4.78 is 10.5. The van der Waals surface area contributed by atoms with Crippen molar-refractivity contribution in [2.75, 3.05) is 13.2 Å². The fraction of sp³-hybridized carbons (Fsp3) is 0.250. The van der Waals surface area contributed by atoms with Gasteiger partial charge in [0.1, 0.15) is 12.4 Å². The SMILES string of the molecule is O=C(OCC1CC(=O)C1COC(=O)c1ccccc1)c1ccccc1. The van der Waals surface area contributed by atoms with Crippen LogP contribution in [0.25, 0.3) is 0 Å². The lowest BCUT2D eigenvalue weighted by molar-refractivity contribution is -0.138. The molecule has 3 rings (SSSR count). The smallest absolute Gasteiger partial charge is 0.338 e. The van der Waals surface area contributed by atoms with Crippen LogP contribution in [0.4, 0.5) is 0 Å². The fourth-order valence-corrected chi connectivity index (χ4v) is 2.72. The highest BCUT2D eigenvalue weighted by Crippen LogP contribution is 2.31. The standard InChI is InChI=1S/C20H18O5/c21-18-11-16(12-24-19(22)14-7-3-1-4-8-14)17(18)13-25-20(23)15-9-5-2-6-10-15/h1-10,16-17H,11-13H2. The zero-order valence-electron chi connectivity index (χ0n) is 13.6. The van der Waals surface area contributed by atoms with Crippen LogP contribution in [0.2, 0.25) is 0 Å². The van der Waals surface area contributed by atoms with E-state index >= 15 is 0 Å². The first kappa shape index (κ1) is 16.9. The molecule has 1 saturated carbocycles. The van der Waals surface area contributed by atoms with Crippen molar-refractivity contribution in [3.05, 3.63) is 71.8 Å². The first-order valence-corrected chi connectivity index (χ1v) is 8.12. The second kappa shape index (κ2) is 7.75. The molecule has 0 aromatic heterocycles.